The number of hydrogen-bond donors (Lipinski definition) is 3. The highest BCUT2D eigenvalue weighted by molar-refractivity contribution is 5.84. The lowest BCUT2D eigenvalue weighted by atomic mass is 10.1. The third kappa shape index (κ3) is 5.72. The smallest absolute Gasteiger partial charge is 0.191 e. The van der Waals surface area contributed by atoms with Crippen LogP contribution in [0.1, 0.15) is 25.0 Å². The first-order valence-corrected chi connectivity index (χ1v) is 10.7. The molecule has 0 saturated carbocycles. The van der Waals surface area contributed by atoms with E-state index in [9.17, 15) is 0 Å². The lowest BCUT2D eigenvalue weighted by Crippen LogP contribution is -2.47. The molecule has 1 fully saturated rings. The molecule has 154 valence electrons. The van der Waals surface area contributed by atoms with Crippen molar-refractivity contribution < 1.29 is 0 Å². The molecule has 1 aromatic heterocycles. The first-order chi connectivity index (χ1) is 13.7. The van der Waals surface area contributed by atoms with Crippen LogP contribution in [0.15, 0.2) is 29.4 Å². The number of aromatic nitrogens is 1. The highest BCUT2D eigenvalue weighted by Crippen LogP contribution is 2.19. The number of hydrogen-bond acceptors (Lipinski definition) is 3. The Morgan fingerprint density at radius 2 is 1.89 bits per heavy atom. The number of guanidine groups is 1. The first kappa shape index (κ1) is 20.7. The summed E-state index contributed by atoms with van der Waals surface area (Å²) in [6, 6.07) is 6.60. The number of piperazine rings is 1. The zero-order valence-electron chi connectivity index (χ0n) is 17.7. The molecule has 0 radical (unpaired) electrons. The van der Waals surface area contributed by atoms with E-state index in [1.54, 1.807) is 0 Å². The van der Waals surface area contributed by atoms with Crippen molar-refractivity contribution in [2.45, 2.75) is 27.2 Å². The number of nitrogens with zero attached hydrogens (tertiary/aromatic N) is 3. The van der Waals surface area contributed by atoms with Crippen LogP contribution in [0.4, 0.5) is 0 Å². The predicted molar refractivity (Wildman–Crippen MR) is 119 cm³/mol. The summed E-state index contributed by atoms with van der Waals surface area (Å²) >= 11 is 0. The Morgan fingerprint density at radius 3 is 2.64 bits per heavy atom. The second-order valence-corrected chi connectivity index (χ2v) is 7.58. The Labute approximate surface area is 169 Å². The van der Waals surface area contributed by atoms with Gasteiger partial charge in [-0.25, -0.2) is 0 Å². The highest BCUT2D eigenvalue weighted by atomic mass is 15.3. The topological polar surface area (TPSA) is 58.7 Å². The van der Waals surface area contributed by atoms with Gasteiger partial charge in [0, 0.05) is 62.9 Å². The van der Waals surface area contributed by atoms with Gasteiger partial charge in [0.15, 0.2) is 5.96 Å². The van der Waals surface area contributed by atoms with Crippen LogP contribution in [0, 0.1) is 6.92 Å². The van der Waals surface area contributed by atoms with Crippen molar-refractivity contribution in [2.24, 2.45) is 4.99 Å². The monoisotopic (exact) mass is 384 g/mol. The summed E-state index contributed by atoms with van der Waals surface area (Å²) in [6.45, 7) is 16.0. The molecule has 0 amide bonds. The summed E-state index contributed by atoms with van der Waals surface area (Å²) in [5.41, 5.74) is 3.86. The molecule has 0 atom stereocenters. The van der Waals surface area contributed by atoms with Gasteiger partial charge in [-0.05, 0) is 44.0 Å². The van der Waals surface area contributed by atoms with Gasteiger partial charge in [-0.2, -0.15) is 0 Å². The highest BCUT2D eigenvalue weighted by Gasteiger charge is 2.14. The standard InChI is InChI=1S/C22H36N6/c1-4-23-22(25-10-11-28-14-12-27(5-2)13-15-28)24-9-8-19-17-26-21-16-18(3)6-7-20(19)21/h6-7,16-17,26H,4-5,8-15H2,1-3H3,(H2,23,24,25). The second-order valence-electron chi connectivity index (χ2n) is 7.58. The fourth-order valence-corrected chi connectivity index (χ4v) is 3.80. The van der Waals surface area contributed by atoms with E-state index in [-0.39, 0.29) is 0 Å². The molecule has 0 aliphatic carbocycles. The number of fused-ring (bicyclic) bond motifs is 1. The van der Waals surface area contributed by atoms with E-state index >= 15 is 0 Å². The van der Waals surface area contributed by atoms with Gasteiger partial charge >= 0.3 is 0 Å². The molecule has 6 nitrogen and oxygen atoms in total. The van der Waals surface area contributed by atoms with Crippen molar-refractivity contribution in [1.29, 1.82) is 0 Å². The van der Waals surface area contributed by atoms with E-state index in [4.69, 9.17) is 4.99 Å². The van der Waals surface area contributed by atoms with Crippen molar-refractivity contribution in [3.63, 3.8) is 0 Å². The van der Waals surface area contributed by atoms with Gasteiger partial charge in [-0.15, -0.1) is 0 Å². The minimum Gasteiger partial charge on any atom is -0.361 e. The molecule has 0 bridgehead atoms. The SMILES string of the molecule is CCNC(=NCCN1CCN(CC)CC1)NCCc1c[nH]c2cc(C)ccc12. The molecule has 6 heteroatoms. The summed E-state index contributed by atoms with van der Waals surface area (Å²) in [5.74, 6) is 0.922. The zero-order valence-corrected chi connectivity index (χ0v) is 17.7. The minimum atomic E-state index is 0.841. The van der Waals surface area contributed by atoms with E-state index in [2.05, 4.69) is 70.6 Å². The molecule has 0 unspecified atom stereocenters. The van der Waals surface area contributed by atoms with Crippen LogP contribution in [0.5, 0.6) is 0 Å². The maximum absolute atomic E-state index is 4.77. The van der Waals surface area contributed by atoms with Crippen LogP contribution in [0.2, 0.25) is 0 Å². The van der Waals surface area contributed by atoms with E-state index < -0.39 is 0 Å². The molecule has 28 heavy (non-hydrogen) atoms. The summed E-state index contributed by atoms with van der Waals surface area (Å²) in [4.78, 5) is 13.2. The average molecular weight is 385 g/mol. The van der Waals surface area contributed by atoms with Gasteiger partial charge in [-0.3, -0.25) is 9.89 Å². The van der Waals surface area contributed by atoms with Gasteiger partial charge in [0.25, 0.3) is 0 Å². The van der Waals surface area contributed by atoms with Crippen LogP contribution < -0.4 is 10.6 Å². The van der Waals surface area contributed by atoms with E-state index in [0.29, 0.717) is 0 Å². The average Bonchev–Trinajstić information content (AvgIpc) is 3.10. The molecule has 1 aliphatic rings. The van der Waals surface area contributed by atoms with Gasteiger partial charge in [0.2, 0.25) is 0 Å². The van der Waals surface area contributed by atoms with Gasteiger partial charge in [-0.1, -0.05) is 19.1 Å². The Balaban J connectivity index is 1.45. The maximum Gasteiger partial charge on any atom is 0.191 e. The zero-order chi connectivity index (χ0) is 19.8. The summed E-state index contributed by atoms with van der Waals surface area (Å²) < 4.78 is 0. The molecule has 0 spiro atoms. The molecule has 3 N–H and O–H groups in total. The Morgan fingerprint density at radius 1 is 1.11 bits per heavy atom. The normalized spacial score (nSPS) is 16.6. The number of aliphatic imine (C=N–C) groups is 1. The lowest BCUT2D eigenvalue weighted by Gasteiger charge is -2.33. The number of aryl methyl sites for hydroxylation is 1. The number of nitrogens with one attached hydrogen (secondary N) is 3. The van der Waals surface area contributed by atoms with Crippen LogP contribution >= 0.6 is 0 Å². The minimum absolute atomic E-state index is 0.841. The van der Waals surface area contributed by atoms with E-state index in [1.165, 1.54) is 35.1 Å². The largest absolute Gasteiger partial charge is 0.361 e. The number of H-pyrrole nitrogens is 1. The molecular formula is C22H36N6. The fraction of sp³-hybridized carbons (Fsp3) is 0.591. The van der Waals surface area contributed by atoms with Crippen molar-refractivity contribution >= 4 is 16.9 Å². The Hall–Kier alpha value is -2.05. The van der Waals surface area contributed by atoms with E-state index in [1.807, 2.05) is 0 Å². The van der Waals surface area contributed by atoms with Crippen molar-refractivity contribution in [3.8, 4) is 0 Å². The van der Waals surface area contributed by atoms with Crippen LogP contribution in [-0.4, -0.2) is 79.6 Å². The molecule has 2 aromatic rings. The maximum atomic E-state index is 4.77. The summed E-state index contributed by atoms with van der Waals surface area (Å²) in [5, 5.41) is 8.17. The molecule has 1 aliphatic heterocycles. The molecule has 2 heterocycles. The Bertz CT molecular complexity index is 757. The van der Waals surface area contributed by atoms with Crippen molar-refractivity contribution in [2.75, 3.05) is 58.9 Å². The number of rotatable bonds is 8. The summed E-state index contributed by atoms with van der Waals surface area (Å²) in [6.07, 6.45) is 3.11. The predicted octanol–water partition coefficient (Wildman–Crippen LogP) is 2.21. The summed E-state index contributed by atoms with van der Waals surface area (Å²) in [7, 11) is 0. The first-order valence-electron chi connectivity index (χ1n) is 10.7. The van der Waals surface area contributed by atoms with Gasteiger partial charge in [0.1, 0.15) is 0 Å². The van der Waals surface area contributed by atoms with E-state index in [0.717, 1.165) is 58.2 Å². The van der Waals surface area contributed by atoms with Gasteiger partial charge in [0.05, 0.1) is 6.54 Å². The number of benzene rings is 1. The quantitative estimate of drug-likeness (QED) is 0.482. The second kappa shape index (κ2) is 10.5. The fourth-order valence-electron chi connectivity index (χ4n) is 3.80. The third-order valence-electron chi connectivity index (χ3n) is 5.55. The molecule has 1 saturated heterocycles. The molecule has 3 rings (SSSR count). The van der Waals surface area contributed by atoms with Crippen molar-refractivity contribution in [1.82, 2.24) is 25.4 Å². The molecule has 1 aromatic carbocycles. The van der Waals surface area contributed by atoms with Crippen LogP contribution in [0.25, 0.3) is 10.9 Å². The van der Waals surface area contributed by atoms with Crippen molar-refractivity contribution in [3.05, 3.63) is 35.5 Å². The number of likely N-dealkylation sites (N-methyl/N-ethyl adjacent to an activating group) is 1. The molecular weight excluding hydrogens is 348 g/mol. The van der Waals surface area contributed by atoms with Crippen LogP contribution in [-0.2, 0) is 6.42 Å². The number of aromatic amines is 1. The van der Waals surface area contributed by atoms with Gasteiger partial charge < -0.3 is 20.5 Å². The van der Waals surface area contributed by atoms with Crippen LogP contribution in [0.3, 0.4) is 0 Å². The lowest BCUT2D eigenvalue weighted by molar-refractivity contribution is 0.140. The third-order valence-corrected chi connectivity index (χ3v) is 5.55. The Kier molecular flexibility index (Phi) is 7.74.